The molecule has 0 unspecified atom stereocenters. The first kappa shape index (κ1) is 12.6. The van der Waals surface area contributed by atoms with Crippen molar-refractivity contribution in [2.75, 3.05) is 12.5 Å². The third-order valence-electron chi connectivity index (χ3n) is 2.54. The molecule has 0 radical (unpaired) electrons. The minimum Gasteiger partial charge on any atom is -0.306 e. The monoisotopic (exact) mass is 264 g/mol. The molecule has 0 N–H and O–H groups in total. The van der Waals surface area contributed by atoms with Crippen LogP contribution in [0.5, 0.6) is 0 Å². The van der Waals surface area contributed by atoms with Crippen LogP contribution in [0.1, 0.15) is 11.1 Å². The van der Waals surface area contributed by atoms with Gasteiger partial charge in [0.05, 0.1) is 12.0 Å². The molecule has 0 fully saturated rings. The summed E-state index contributed by atoms with van der Waals surface area (Å²) in [5.41, 5.74) is 4.01. The van der Waals surface area contributed by atoms with Gasteiger partial charge in [0, 0.05) is 23.9 Å². The Morgan fingerprint density at radius 2 is 2.00 bits per heavy atom. The van der Waals surface area contributed by atoms with Crippen LogP contribution in [0.4, 0.5) is 0 Å². The van der Waals surface area contributed by atoms with Crippen LogP contribution in [-0.2, 0) is 11.5 Å². The Bertz CT molecular complexity index is 466. The SMILES string of the molecule is CSCc1ccc(-n2ccnc2)c(CSC)c1. The first-order valence-corrected chi connectivity index (χ1v) is 8.22. The first-order chi connectivity index (χ1) is 8.35. The fourth-order valence-corrected chi connectivity index (χ4v) is 2.88. The molecule has 0 bridgehead atoms. The van der Waals surface area contributed by atoms with Crippen molar-refractivity contribution in [2.45, 2.75) is 11.5 Å². The normalized spacial score (nSPS) is 10.7. The van der Waals surface area contributed by atoms with Gasteiger partial charge in [0.25, 0.3) is 0 Å². The summed E-state index contributed by atoms with van der Waals surface area (Å²) in [4.78, 5) is 4.11. The Balaban J connectivity index is 2.37. The average Bonchev–Trinajstić information content (AvgIpc) is 2.84. The number of benzene rings is 1. The smallest absolute Gasteiger partial charge is 0.0991 e. The van der Waals surface area contributed by atoms with Gasteiger partial charge < -0.3 is 4.57 Å². The van der Waals surface area contributed by atoms with Crippen LogP contribution in [0.2, 0.25) is 0 Å². The van der Waals surface area contributed by atoms with Gasteiger partial charge in [-0.05, 0) is 29.7 Å². The number of nitrogens with zero attached hydrogens (tertiary/aromatic N) is 2. The van der Waals surface area contributed by atoms with E-state index in [1.165, 1.54) is 16.8 Å². The van der Waals surface area contributed by atoms with Crippen molar-refractivity contribution in [3.63, 3.8) is 0 Å². The highest BCUT2D eigenvalue weighted by atomic mass is 32.2. The van der Waals surface area contributed by atoms with E-state index < -0.39 is 0 Å². The predicted molar refractivity (Wildman–Crippen MR) is 78.0 cm³/mol. The summed E-state index contributed by atoms with van der Waals surface area (Å²) < 4.78 is 2.08. The van der Waals surface area contributed by atoms with Gasteiger partial charge in [0.2, 0.25) is 0 Å². The van der Waals surface area contributed by atoms with E-state index in [1.54, 1.807) is 0 Å². The molecule has 0 aliphatic rings. The topological polar surface area (TPSA) is 17.8 Å². The molecule has 0 amide bonds. The van der Waals surface area contributed by atoms with Crippen molar-refractivity contribution in [1.82, 2.24) is 9.55 Å². The number of imidazole rings is 1. The number of rotatable bonds is 5. The Hall–Kier alpha value is -0.870. The molecular weight excluding hydrogens is 248 g/mol. The molecule has 0 saturated carbocycles. The molecule has 0 spiro atoms. The first-order valence-electron chi connectivity index (χ1n) is 5.43. The largest absolute Gasteiger partial charge is 0.306 e. The molecule has 0 aliphatic heterocycles. The van der Waals surface area contributed by atoms with Crippen LogP contribution in [0.15, 0.2) is 36.9 Å². The van der Waals surface area contributed by atoms with E-state index >= 15 is 0 Å². The van der Waals surface area contributed by atoms with E-state index in [0.29, 0.717) is 0 Å². The molecule has 1 aromatic carbocycles. The molecule has 1 heterocycles. The standard InChI is InChI=1S/C13H16N2S2/c1-16-8-11-3-4-13(12(7-11)9-17-2)15-6-5-14-10-15/h3-7,10H,8-9H2,1-2H3. The maximum Gasteiger partial charge on any atom is 0.0991 e. The van der Waals surface area contributed by atoms with E-state index in [-0.39, 0.29) is 0 Å². The van der Waals surface area contributed by atoms with Gasteiger partial charge >= 0.3 is 0 Å². The lowest BCUT2D eigenvalue weighted by Gasteiger charge is -2.11. The van der Waals surface area contributed by atoms with E-state index in [2.05, 4.69) is 40.3 Å². The number of aromatic nitrogens is 2. The molecule has 0 atom stereocenters. The maximum absolute atomic E-state index is 4.11. The van der Waals surface area contributed by atoms with Crippen molar-refractivity contribution < 1.29 is 0 Å². The lowest BCUT2D eigenvalue weighted by molar-refractivity contribution is 1.03. The van der Waals surface area contributed by atoms with Crippen molar-refractivity contribution in [2.24, 2.45) is 0 Å². The van der Waals surface area contributed by atoms with Crippen molar-refractivity contribution in [1.29, 1.82) is 0 Å². The minimum atomic E-state index is 1.04. The van der Waals surface area contributed by atoms with Crippen molar-refractivity contribution in [3.8, 4) is 5.69 Å². The Kier molecular flexibility index (Phi) is 4.57. The summed E-state index contributed by atoms with van der Waals surface area (Å²) in [6.45, 7) is 0. The van der Waals surface area contributed by atoms with E-state index in [9.17, 15) is 0 Å². The maximum atomic E-state index is 4.11. The Morgan fingerprint density at radius 1 is 1.18 bits per heavy atom. The number of thioether (sulfide) groups is 2. The molecule has 0 aliphatic carbocycles. The quantitative estimate of drug-likeness (QED) is 0.822. The van der Waals surface area contributed by atoms with Gasteiger partial charge in [-0.3, -0.25) is 0 Å². The van der Waals surface area contributed by atoms with Crippen LogP contribution < -0.4 is 0 Å². The zero-order valence-electron chi connectivity index (χ0n) is 10.1. The highest BCUT2D eigenvalue weighted by Gasteiger charge is 2.05. The summed E-state index contributed by atoms with van der Waals surface area (Å²) in [5.74, 6) is 2.11. The molecule has 2 rings (SSSR count). The molecule has 1 aromatic heterocycles. The molecule has 17 heavy (non-hydrogen) atoms. The Labute approximate surface area is 111 Å². The summed E-state index contributed by atoms with van der Waals surface area (Å²) in [6.07, 6.45) is 9.94. The fraction of sp³-hybridized carbons (Fsp3) is 0.308. The Morgan fingerprint density at radius 3 is 2.65 bits per heavy atom. The van der Waals surface area contributed by atoms with Gasteiger partial charge in [-0.15, -0.1) is 0 Å². The lowest BCUT2D eigenvalue weighted by atomic mass is 10.1. The van der Waals surface area contributed by atoms with Gasteiger partial charge in [0.1, 0.15) is 0 Å². The minimum absolute atomic E-state index is 1.04. The third kappa shape index (κ3) is 3.07. The summed E-state index contributed by atoms with van der Waals surface area (Å²) >= 11 is 3.71. The third-order valence-corrected chi connectivity index (χ3v) is 3.76. The van der Waals surface area contributed by atoms with Crippen LogP contribution >= 0.6 is 23.5 Å². The second-order valence-corrected chi connectivity index (χ2v) is 5.53. The second-order valence-electron chi connectivity index (χ2n) is 3.80. The van der Waals surface area contributed by atoms with Crippen molar-refractivity contribution in [3.05, 3.63) is 48.0 Å². The van der Waals surface area contributed by atoms with Crippen LogP contribution in [0.25, 0.3) is 5.69 Å². The van der Waals surface area contributed by atoms with Crippen LogP contribution in [0.3, 0.4) is 0 Å². The predicted octanol–water partition coefficient (Wildman–Crippen LogP) is 3.60. The van der Waals surface area contributed by atoms with E-state index in [0.717, 1.165) is 11.5 Å². The second kappa shape index (κ2) is 6.17. The highest BCUT2D eigenvalue weighted by molar-refractivity contribution is 7.98. The molecule has 2 aromatic rings. The summed E-state index contributed by atoms with van der Waals surface area (Å²) in [7, 11) is 0. The van der Waals surface area contributed by atoms with Crippen LogP contribution in [0, 0.1) is 0 Å². The van der Waals surface area contributed by atoms with Crippen molar-refractivity contribution >= 4 is 23.5 Å². The molecule has 2 nitrogen and oxygen atoms in total. The van der Waals surface area contributed by atoms with Gasteiger partial charge in [-0.25, -0.2) is 4.98 Å². The lowest BCUT2D eigenvalue weighted by Crippen LogP contribution is -1.97. The zero-order chi connectivity index (χ0) is 12.1. The molecule has 90 valence electrons. The molecule has 4 heteroatoms. The summed E-state index contributed by atoms with van der Waals surface area (Å²) in [5, 5.41) is 0. The van der Waals surface area contributed by atoms with Gasteiger partial charge in [-0.1, -0.05) is 12.1 Å². The summed E-state index contributed by atoms with van der Waals surface area (Å²) in [6, 6.07) is 6.71. The van der Waals surface area contributed by atoms with E-state index in [4.69, 9.17) is 0 Å². The highest BCUT2D eigenvalue weighted by Crippen LogP contribution is 2.22. The fourth-order valence-electron chi connectivity index (χ4n) is 1.82. The number of hydrogen-bond acceptors (Lipinski definition) is 3. The molecular formula is C13H16N2S2. The number of hydrogen-bond donors (Lipinski definition) is 0. The van der Waals surface area contributed by atoms with E-state index in [1.807, 2.05) is 42.2 Å². The molecule has 0 saturated heterocycles. The van der Waals surface area contributed by atoms with Crippen LogP contribution in [-0.4, -0.2) is 22.1 Å². The average molecular weight is 264 g/mol. The zero-order valence-corrected chi connectivity index (χ0v) is 11.7. The van der Waals surface area contributed by atoms with Gasteiger partial charge in [0.15, 0.2) is 0 Å². The van der Waals surface area contributed by atoms with Gasteiger partial charge in [-0.2, -0.15) is 23.5 Å².